The molecule has 1 nitrogen and oxygen atoms in total. The van der Waals surface area contributed by atoms with E-state index in [-0.39, 0.29) is 0 Å². The van der Waals surface area contributed by atoms with Gasteiger partial charge in [0.15, 0.2) is 0 Å². The fraction of sp³-hybridized carbons (Fsp3) is 1.00. The normalized spacial score (nSPS) is 40.0. The van der Waals surface area contributed by atoms with Gasteiger partial charge in [0, 0.05) is 17.3 Å². The molecule has 2 heteroatoms. The standard InChI is InChI=1S/C18H33NS/c1-20-18-13-7-12-17(18)19-16-11-6-5-10-15(16)14-8-3-2-4-9-14/h14-19H,2-13H2,1H3. The van der Waals surface area contributed by atoms with Crippen molar-refractivity contribution in [3.05, 3.63) is 0 Å². The van der Waals surface area contributed by atoms with Gasteiger partial charge in [-0.2, -0.15) is 11.8 Å². The maximum Gasteiger partial charge on any atom is 0.0198 e. The SMILES string of the molecule is CSC1CCCC1NC1CCCCC1C1CCCCC1. The summed E-state index contributed by atoms with van der Waals surface area (Å²) in [5.74, 6) is 2.06. The lowest BCUT2D eigenvalue weighted by Crippen LogP contribution is -2.48. The summed E-state index contributed by atoms with van der Waals surface area (Å²) in [6.07, 6.45) is 20.1. The first kappa shape index (κ1) is 15.2. The minimum Gasteiger partial charge on any atom is -0.310 e. The molecule has 0 aliphatic heterocycles. The monoisotopic (exact) mass is 295 g/mol. The van der Waals surface area contributed by atoms with Crippen LogP contribution in [0.3, 0.4) is 0 Å². The molecule has 3 aliphatic rings. The molecule has 116 valence electrons. The van der Waals surface area contributed by atoms with Gasteiger partial charge in [0.1, 0.15) is 0 Å². The van der Waals surface area contributed by atoms with E-state index in [0.29, 0.717) is 0 Å². The zero-order valence-electron chi connectivity index (χ0n) is 13.3. The van der Waals surface area contributed by atoms with Crippen LogP contribution in [-0.2, 0) is 0 Å². The molecule has 3 saturated carbocycles. The van der Waals surface area contributed by atoms with Crippen LogP contribution in [0.25, 0.3) is 0 Å². The molecule has 0 amide bonds. The molecule has 3 aliphatic carbocycles. The highest BCUT2D eigenvalue weighted by Gasteiger charge is 2.35. The van der Waals surface area contributed by atoms with Crippen molar-refractivity contribution in [1.29, 1.82) is 0 Å². The van der Waals surface area contributed by atoms with E-state index in [4.69, 9.17) is 0 Å². The first-order valence-corrected chi connectivity index (χ1v) is 10.5. The van der Waals surface area contributed by atoms with Gasteiger partial charge in [0.25, 0.3) is 0 Å². The zero-order chi connectivity index (χ0) is 13.8. The Kier molecular flexibility index (Phi) is 5.73. The van der Waals surface area contributed by atoms with Crippen LogP contribution < -0.4 is 5.32 Å². The van der Waals surface area contributed by atoms with Crippen LogP contribution in [0.2, 0.25) is 0 Å². The van der Waals surface area contributed by atoms with Gasteiger partial charge >= 0.3 is 0 Å². The van der Waals surface area contributed by atoms with E-state index in [1.54, 1.807) is 0 Å². The van der Waals surface area contributed by atoms with Crippen molar-refractivity contribution in [3.63, 3.8) is 0 Å². The predicted octanol–water partition coefficient (Wildman–Crippen LogP) is 5.00. The molecule has 0 spiro atoms. The number of hydrogen-bond donors (Lipinski definition) is 1. The summed E-state index contributed by atoms with van der Waals surface area (Å²) < 4.78 is 0. The molecule has 0 radical (unpaired) electrons. The highest BCUT2D eigenvalue weighted by Crippen LogP contribution is 2.39. The second-order valence-corrected chi connectivity index (χ2v) is 8.51. The Hall–Kier alpha value is 0.310. The number of nitrogens with one attached hydrogen (secondary N) is 1. The van der Waals surface area contributed by atoms with Gasteiger partial charge in [0.2, 0.25) is 0 Å². The van der Waals surface area contributed by atoms with Gasteiger partial charge in [-0.1, -0.05) is 51.4 Å². The quantitative estimate of drug-likeness (QED) is 0.783. The molecule has 4 unspecified atom stereocenters. The lowest BCUT2D eigenvalue weighted by atomic mass is 9.71. The van der Waals surface area contributed by atoms with Crippen LogP contribution in [0.5, 0.6) is 0 Å². The summed E-state index contributed by atoms with van der Waals surface area (Å²) in [6.45, 7) is 0. The van der Waals surface area contributed by atoms with Crippen LogP contribution in [0.15, 0.2) is 0 Å². The van der Waals surface area contributed by atoms with Crippen LogP contribution in [0.4, 0.5) is 0 Å². The Balaban J connectivity index is 1.59. The molecular formula is C18H33NS. The van der Waals surface area contributed by atoms with E-state index in [2.05, 4.69) is 23.3 Å². The van der Waals surface area contributed by atoms with Crippen LogP contribution in [0.1, 0.15) is 77.0 Å². The summed E-state index contributed by atoms with van der Waals surface area (Å²) >= 11 is 2.10. The second kappa shape index (κ2) is 7.54. The van der Waals surface area contributed by atoms with E-state index in [1.807, 2.05) is 0 Å². The zero-order valence-corrected chi connectivity index (χ0v) is 14.1. The second-order valence-electron chi connectivity index (χ2n) is 7.43. The summed E-state index contributed by atoms with van der Waals surface area (Å²) in [5, 5.41) is 5.04. The molecule has 3 fully saturated rings. The Morgan fingerprint density at radius 1 is 0.700 bits per heavy atom. The molecule has 20 heavy (non-hydrogen) atoms. The minimum absolute atomic E-state index is 0.819. The summed E-state index contributed by atoms with van der Waals surface area (Å²) in [6, 6.07) is 1.67. The third kappa shape index (κ3) is 3.55. The summed E-state index contributed by atoms with van der Waals surface area (Å²) in [4.78, 5) is 0. The molecule has 0 aromatic heterocycles. The van der Waals surface area contributed by atoms with Crippen molar-refractivity contribution in [2.75, 3.05) is 6.26 Å². The van der Waals surface area contributed by atoms with Crippen molar-refractivity contribution in [1.82, 2.24) is 5.32 Å². The lowest BCUT2D eigenvalue weighted by Gasteiger charge is -2.41. The maximum atomic E-state index is 4.15. The van der Waals surface area contributed by atoms with Crippen LogP contribution >= 0.6 is 11.8 Å². The number of rotatable bonds is 4. The fourth-order valence-corrected chi connectivity index (χ4v) is 6.11. The number of hydrogen-bond acceptors (Lipinski definition) is 2. The van der Waals surface area contributed by atoms with Gasteiger partial charge < -0.3 is 5.32 Å². The molecule has 0 aromatic carbocycles. The Labute approximate surface area is 130 Å². The van der Waals surface area contributed by atoms with Crippen molar-refractivity contribution < 1.29 is 0 Å². The molecule has 0 aromatic rings. The number of thioether (sulfide) groups is 1. The third-order valence-electron chi connectivity index (χ3n) is 6.26. The van der Waals surface area contributed by atoms with Crippen molar-refractivity contribution in [2.24, 2.45) is 11.8 Å². The van der Waals surface area contributed by atoms with Crippen molar-refractivity contribution >= 4 is 11.8 Å². The van der Waals surface area contributed by atoms with Crippen LogP contribution in [0, 0.1) is 11.8 Å². The highest BCUT2D eigenvalue weighted by molar-refractivity contribution is 7.99. The van der Waals surface area contributed by atoms with Gasteiger partial charge in [0.05, 0.1) is 0 Å². The first-order valence-electron chi connectivity index (χ1n) is 9.17. The molecule has 3 rings (SSSR count). The van der Waals surface area contributed by atoms with Gasteiger partial charge in [-0.15, -0.1) is 0 Å². The Morgan fingerprint density at radius 3 is 2.20 bits per heavy atom. The van der Waals surface area contributed by atoms with Gasteiger partial charge in [-0.25, -0.2) is 0 Å². The molecular weight excluding hydrogens is 262 g/mol. The largest absolute Gasteiger partial charge is 0.310 e. The summed E-state index contributed by atoms with van der Waals surface area (Å²) in [7, 11) is 0. The third-order valence-corrected chi connectivity index (χ3v) is 7.43. The maximum absolute atomic E-state index is 4.15. The minimum atomic E-state index is 0.819. The topological polar surface area (TPSA) is 12.0 Å². The van der Waals surface area contributed by atoms with Crippen molar-refractivity contribution in [2.45, 2.75) is 94.4 Å². The van der Waals surface area contributed by atoms with E-state index < -0.39 is 0 Å². The Morgan fingerprint density at radius 2 is 1.40 bits per heavy atom. The lowest BCUT2D eigenvalue weighted by molar-refractivity contribution is 0.142. The first-order chi connectivity index (χ1) is 9.88. The van der Waals surface area contributed by atoms with E-state index in [1.165, 1.54) is 77.0 Å². The fourth-order valence-electron chi connectivity index (χ4n) is 5.17. The van der Waals surface area contributed by atoms with E-state index in [9.17, 15) is 0 Å². The van der Waals surface area contributed by atoms with Crippen LogP contribution in [-0.4, -0.2) is 23.6 Å². The highest BCUT2D eigenvalue weighted by atomic mass is 32.2. The Bertz CT molecular complexity index is 287. The van der Waals surface area contributed by atoms with E-state index >= 15 is 0 Å². The van der Waals surface area contributed by atoms with Gasteiger partial charge in [-0.3, -0.25) is 0 Å². The van der Waals surface area contributed by atoms with Crippen molar-refractivity contribution in [3.8, 4) is 0 Å². The molecule has 0 bridgehead atoms. The van der Waals surface area contributed by atoms with E-state index in [0.717, 1.165) is 29.2 Å². The average Bonchev–Trinajstić information content (AvgIpc) is 2.96. The molecule has 0 saturated heterocycles. The predicted molar refractivity (Wildman–Crippen MR) is 90.4 cm³/mol. The average molecular weight is 296 g/mol. The smallest absolute Gasteiger partial charge is 0.0198 e. The molecule has 1 N–H and O–H groups in total. The molecule has 4 atom stereocenters. The molecule has 0 heterocycles. The van der Waals surface area contributed by atoms with Gasteiger partial charge in [-0.05, 0) is 43.8 Å². The summed E-state index contributed by atoms with van der Waals surface area (Å²) in [5.41, 5.74) is 0.